The number of hydrogen-bond acceptors (Lipinski definition) is 9. The van der Waals surface area contributed by atoms with E-state index in [1.54, 1.807) is 51.1 Å². The van der Waals surface area contributed by atoms with E-state index in [9.17, 15) is 35.1 Å². The first-order chi connectivity index (χ1) is 16.7. The number of aliphatic hydroxyl groups is 5. The Morgan fingerprint density at radius 2 is 1.70 bits per heavy atom. The number of carbonyl (C=O) groups is 2. The van der Waals surface area contributed by atoms with Crippen LogP contribution in [0.15, 0.2) is 41.5 Å². The van der Waals surface area contributed by atoms with Crippen molar-refractivity contribution in [2.75, 3.05) is 6.61 Å². The van der Waals surface area contributed by atoms with Crippen molar-refractivity contribution in [1.29, 1.82) is 0 Å². The number of ether oxygens (including phenoxy) is 2. The summed E-state index contributed by atoms with van der Waals surface area (Å²) in [7, 11) is 0. The fraction of sp³-hybridized carbons (Fsp3) is 0.630. The van der Waals surface area contributed by atoms with Crippen LogP contribution in [0.5, 0.6) is 0 Å². The van der Waals surface area contributed by atoms with Crippen LogP contribution in [0.3, 0.4) is 0 Å². The maximum Gasteiger partial charge on any atom is 0.338 e. The normalized spacial score (nSPS) is 44.3. The molecule has 4 aliphatic rings. The number of fused-ring (bicyclic) bond motifs is 5. The van der Waals surface area contributed by atoms with Gasteiger partial charge in [-0.3, -0.25) is 4.79 Å². The molecular weight excluding hydrogens is 695 g/mol. The Kier molecular flexibility index (Phi) is 7.48. The molecule has 5 rings (SSSR count). The second kappa shape index (κ2) is 9.45. The average Bonchev–Trinajstić information content (AvgIpc) is 2.83. The Labute approximate surface area is 251 Å². The van der Waals surface area contributed by atoms with Crippen molar-refractivity contribution < 1.29 is 88.7 Å². The van der Waals surface area contributed by atoms with Gasteiger partial charge in [0.2, 0.25) is 0 Å². The number of Topliss-reactive ketones (excluding diaryl/α,β-unsaturated/α-hetero) is 1. The molecule has 0 amide bonds. The summed E-state index contributed by atoms with van der Waals surface area (Å²) in [6, 6.07) is 8.12. The van der Waals surface area contributed by atoms with Gasteiger partial charge in [0.15, 0.2) is 5.78 Å². The molecule has 1 aromatic carbocycles. The molecule has 3 fully saturated rings. The minimum Gasteiger partial charge on any atom is -0.455 e. The third-order valence-corrected chi connectivity index (χ3v) is 9.64. The van der Waals surface area contributed by atoms with Gasteiger partial charge in [-0.05, 0) is 37.1 Å². The van der Waals surface area contributed by atoms with Crippen LogP contribution in [-0.4, -0.2) is 85.6 Å². The first-order valence-corrected chi connectivity index (χ1v) is 12.3. The van der Waals surface area contributed by atoms with Crippen LogP contribution in [-0.2, 0) is 14.3 Å². The van der Waals surface area contributed by atoms with Gasteiger partial charge >= 0.3 is 5.97 Å². The van der Waals surface area contributed by atoms with Gasteiger partial charge in [-0.15, -0.1) is 0 Å². The molecule has 5 N–H and O–H groups in total. The molecule has 2 bridgehead atoms. The predicted octanol–water partition coefficient (Wildman–Crippen LogP) is 0.511. The summed E-state index contributed by atoms with van der Waals surface area (Å²) in [6.07, 6.45) is -7.08. The van der Waals surface area contributed by atoms with E-state index < -0.39 is 70.2 Å². The molecule has 0 aromatic heterocycles. The zero-order chi connectivity index (χ0) is 26.4. The Bertz CT molecular complexity index is 1140. The van der Waals surface area contributed by atoms with Crippen molar-refractivity contribution in [3.8, 4) is 0 Å². The van der Waals surface area contributed by atoms with Crippen LogP contribution in [0.25, 0.3) is 0 Å². The second-order valence-corrected chi connectivity index (χ2v) is 11.6. The summed E-state index contributed by atoms with van der Waals surface area (Å²) < 4.78 is 11.6. The fourth-order valence-corrected chi connectivity index (χ4v) is 7.26. The molecule has 1 heterocycles. The molecule has 37 heavy (non-hydrogen) atoms. The van der Waals surface area contributed by atoms with Crippen LogP contribution in [0.2, 0.25) is 0 Å². The van der Waals surface area contributed by atoms with Gasteiger partial charge in [0.1, 0.15) is 23.4 Å². The predicted molar refractivity (Wildman–Crippen MR) is 126 cm³/mol. The van der Waals surface area contributed by atoms with Crippen molar-refractivity contribution in [2.24, 2.45) is 16.7 Å². The molecule has 3 aliphatic carbocycles. The van der Waals surface area contributed by atoms with Gasteiger partial charge in [-0.1, -0.05) is 32.0 Å². The number of ketones is 1. The Hall–Kier alpha value is -0.698. The maximum absolute atomic E-state index is 14.0. The Morgan fingerprint density at radius 1 is 1.08 bits per heavy atom. The summed E-state index contributed by atoms with van der Waals surface area (Å²) in [5.74, 6) is -2.89. The zero-order valence-electron chi connectivity index (χ0n) is 21.4. The van der Waals surface area contributed by atoms with Crippen molar-refractivity contribution in [3.63, 3.8) is 0 Å². The molecule has 1 aromatic rings. The van der Waals surface area contributed by atoms with E-state index in [-0.39, 0.29) is 74.6 Å². The van der Waals surface area contributed by atoms with Gasteiger partial charge in [0.25, 0.3) is 0 Å². The van der Waals surface area contributed by atoms with E-state index in [2.05, 4.69) is 0 Å². The van der Waals surface area contributed by atoms with Crippen LogP contribution in [0, 0.1) is 60.8 Å². The van der Waals surface area contributed by atoms with Crippen LogP contribution >= 0.6 is 0 Å². The topological polar surface area (TPSA) is 154 Å². The monoisotopic (exact) mass is 729 g/mol. The van der Waals surface area contributed by atoms with Crippen molar-refractivity contribution >= 4 is 11.8 Å². The van der Waals surface area contributed by atoms with E-state index in [0.717, 1.165) is 0 Å². The molecular formula is C27H34AcO9. The number of hydrogen-bond donors (Lipinski definition) is 5. The summed E-state index contributed by atoms with van der Waals surface area (Å²) in [5, 5.41) is 57.9. The number of carbonyl (C=O) groups excluding carboxylic acids is 2. The molecule has 9 nitrogen and oxygen atoms in total. The zero-order valence-corrected chi connectivity index (χ0v) is 26.2. The van der Waals surface area contributed by atoms with Crippen LogP contribution < -0.4 is 0 Å². The summed E-state index contributed by atoms with van der Waals surface area (Å²) in [6.45, 7) is 6.07. The Balaban J connectivity index is 0.00000320. The molecule has 2 saturated carbocycles. The average molecular weight is 730 g/mol. The molecule has 199 valence electrons. The van der Waals surface area contributed by atoms with Gasteiger partial charge < -0.3 is 35.0 Å². The quantitative estimate of drug-likeness (QED) is 0.217. The Morgan fingerprint density at radius 3 is 2.27 bits per heavy atom. The van der Waals surface area contributed by atoms with Gasteiger partial charge in [0.05, 0.1) is 35.9 Å². The van der Waals surface area contributed by atoms with E-state index in [0.29, 0.717) is 5.57 Å². The summed E-state index contributed by atoms with van der Waals surface area (Å²) >= 11 is 0. The maximum atomic E-state index is 14.0. The second-order valence-electron chi connectivity index (χ2n) is 11.6. The summed E-state index contributed by atoms with van der Waals surface area (Å²) in [4.78, 5) is 27.4. The van der Waals surface area contributed by atoms with Crippen LogP contribution in [0.4, 0.5) is 0 Å². The van der Waals surface area contributed by atoms with Crippen molar-refractivity contribution in [3.05, 3.63) is 47.0 Å². The molecule has 8 unspecified atom stereocenters. The van der Waals surface area contributed by atoms with Gasteiger partial charge in [-0.2, -0.15) is 0 Å². The van der Waals surface area contributed by atoms with Gasteiger partial charge in [0, 0.05) is 68.2 Å². The number of benzene rings is 1. The molecule has 1 aliphatic heterocycles. The van der Waals surface area contributed by atoms with E-state index >= 15 is 0 Å². The number of rotatable bonds is 2. The molecule has 1 radical (unpaired) electrons. The molecule has 0 spiro atoms. The third kappa shape index (κ3) is 3.81. The van der Waals surface area contributed by atoms with Crippen molar-refractivity contribution in [1.82, 2.24) is 0 Å². The van der Waals surface area contributed by atoms with Crippen LogP contribution in [0.1, 0.15) is 50.9 Å². The SMILES string of the molecule is CC1=C2C(O)C(=O)C3(C)C(O)CC4OCC4(O)C3[C@H](OC(=O)c3ccccc3)C(O)(CC1O)C2(C)C.[Ac]. The molecule has 9 atom stereocenters. The largest absolute Gasteiger partial charge is 0.455 e. The molecule has 1 saturated heterocycles. The minimum atomic E-state index is -2.02. The minimum absolute atomic E-state index is 0. The summed E-state index contributed by atoms with van der Waals surface area (Å²) in [5.41, 5.74) is -6.24. The fourth-order valence-electron chi connectivity index (χ4n) is 7.26. The number of aliphatic hydroxyl groups excluding tert-OH is 3. The number of esters is 1. The molecule has 10 heteroatoms. The first-order valence-electron chi connectivity index (χ1n) is 12.3. The third-order valence-electron chi connectivity index (χ3n) is 9.64. The van der Waals surface area contributed by atoms with E-state index in [1.165, 1.54) is 6.92 Å². The smallest absolute Gasteiger partial charge is 0.338 e. The standard InChI is InChI=1S/C27H34O9.Ac/c1-13-15(28)11-27(34)22(36-23(32)14-8-6-5-7-9-14)20-25(4,16(29)10-17-26(20,33)12-35-17)21(31)19(30)18(13)24(27,2)3;/h5-9,15-17,19-20,22,28-30,33-34H,10-12H2,1-4H3;/t15?,16?,17?,19?,20?,22-,25?,26?,27?;/m0./s1. The first kappa shape index (κ1) is 29.3. The van der Waals surface area contributed by atoms with E-state index in [4.69, 9.17) is 9.47 Å². The van der Waals surface area contributed by atoms with E-state index in [1.807, 2.05) is 0 Å². The van der Waals surface area contributed by atoms with Crippen molar-refractivity contribution in [2.45, 2.75) is 82.3 Å². The van der Waals surface area contributed by atoms with Gasteiger partial charge in [-0.25, -0.2) is 4.79 Å².